The summed E-state index contributed by atoms with van der Waals surface area (Å²) < 4.78 is 12.4. The minimum atomic E-state index is -0.112. The van der Waals surface area contributed by atoms with Crippen LogP contribution in [0, 0.1) is 0 Å². The maximum absolute atomic E-state index is 12.1. The van der Waals surface area contributed by atoms with E-state index in [4.69, 9.17) is 21.1 Å². The van der Waals surface area contributed by atoms with E-state index in [1.165, 1.54) is 0 Å². The van der Waals surface area contributed by atoms with Gasteiger partial charge in [-0.25, -0.2) is 0 Å². The van der Waals surface area contributed by atoms with Crippen LogP contribution in [-0.4, -0.2) is 54.6 Å². The molecule has 9 heteroatoms. The first-order valence-electron chi connectivity index (χ1n) is 10.2. The summed E-state index contributed by atoms with van der Waals surface area (Å²) in [4.78, 5) is 12.1. The molecule has 0 aliphatic rings. The zero-order valence-electron chi connectivity index (χ0n) is 18.4. The molecule has 0 saturated carbocycles. The Morgan fingerprint density at radius 2 is 1.88 bits per heavy atom. The van der Waals surface area contributed by atoms with E-state index in [1.807, 2.05) is 48.5 Å². The van der Waals surface area contributed by atoms with Crippen molar-refractivity contribution < 1.29 is 14.3 Å². The first-order valence-corrected chi connectivity index (χ1v) is 11.6. The van der Waals surface area contributed by atoms with Gasteiger partial charge in [0.1, 0.15) is 0 Å². The quantitative estimate of drug-likeness (QED) is 0.326. The highest BCUT2D eigenvalue weighted by Gasteiger charge is 2.20. The first kappa shape index (κ1) is 24.3. The van der Waals surface area contributed by atoms with Crippen molar-refractivity contribution in [2.45, 2.75) is 23.9 Å². The van der Waals surface area contributed by atoms with Crippen LogP contribution >= 0.6 is 23.4 Å². The molecule has 2 aromatic carbocycles. The third-order valence-corrected chi connectivity index (χ3v) is 6.15. The van der Waals surface area contributed by atoms with Gasteiger partial charge >= 0.3 is 0 Å². The molecule has 0 saturated heterocycles. The lowest BCUT2D eigenvalue weighted by Gasteiger charge is -2.17. The standard InChI is InChI=1S/C23H27ClN4O3S/c1-16(14-31-3)28-21(19-6-4-5-7-20(19)24)26-27-23(28)32-15-17-8-10-18(11-9-17)22(29)25-12-13-30-2/h4-11,16H,12-15H2,1-3H3,(H,25,29). The molecule has 0 fully saturated rings. The van der Waals surface area contributed by atoms with E-state index in [-0.39, 0.29) is 11.9 Å². The van der Waals surface area contributed by atoms with Crippen LogP contribution < -0.4 is 5.32 Å². The Morgan fingerprint density at radius 1 is 1.12 bits per heavy atom. The van der Waals surface area contributed by atoms with E-state index in [2.05, 4.69) is 27.0 Å². The van der Waals surface area contributed by atoms with Crippen LogP contribution in [0.1, 0.15) is 28.9 Å². The number of hydrogen-bond acceptors (Lipinski definition) is 6. The van der Waals surface area contributed by atoms with Crippen molar-refractivity contribution in [1.82, 2.24) is 20.1 Å². The van der Waals surface area contributed by atoms with E-state index in [1.54, 1.807) is 26.0 Å². The summed E-state index contributed by atoms with van der Waals surface area (Å²) in [6, 6.07) is 15.2. The molecule has 1 unspecified atom stereocenters. The monoisotopic (exact) mass is 474 g/mol. The number of carbonyl (C=O) groups excluding carboxylic acids is 1. The molecule has 0 radical (unpaired) electrons. The fourth-order valence-electron chi connectivity index (χ4n) is 3.18. The third-order valence-electron chi connectivity index (χ3n) is 4.80. The second-order valence-electron chi connectivity index (χ2n) is 7.19. The van der Waals surface area contributed by atoms with Crippen LogP contribution in [0.2, 0.25) is 5.02 Å². The highest BCUT2D eigenvalue weighted by Crippen LogP contribution is 2.33. The zero-order valence-corrected chi connectivity index (χ0v) is 19.9. The van der Waals surface area contributed by atoms with Gasteiger partial charge in [-0.3, -0.25) is 9.36 Å². The number of hydrogen-bond donors (Lipinski definition) is 1. The van der Waals surface area contributed by atoms with Gasteiger partial charge in [0, 0.05) is 37.6 Å². The van der Waals surface area contributed by atoms with Gasteiger partial charge in [-0.2, -0.15) is 0 Å². The van der Waals surface area contributed by atoms with Crippen molar-refractivity contribution in [2.75, 3.05) is 34.0 Å². The number of halogens is 1. The summed E-state index contributed by atoms with van der Waals surface area (Å²) in [6.45, 7) is 3.55. The van der Waals surface area contributed by atoms with Crippen LogP contribution in [0.25, 0.3) is 11.4 Å². The molecule has 0 bridgehead atoms. The first-order chi connectivity index (χ1) is 15.5. The van der Waals surface area contributed by atoms with E-state index in [9.17, 15) is 4.79 Å². The summed E-state index contributed by atoms with van der Waals surface area (Å²) in [5.74, 6) is 1.29. The molecule has 170 valence electrons. The van der Waals surface area contributed by atoms with Gasteiger partial charge in [0.15, 0.2) is 11.0 Å². The average molecular weight is 475 g/mol. The summed E-state index contributed by atoms with van der Waals surface area (Å²) in [5, 5.41) is 13.1. The number of nitrogens with zero attached hydrogens (tertiary/aromatic N) is 3. The predicted octanol–water partition coefficient (Wildman–Crippen LogP) is 4.47. The third kappa shape index (κ3) is 6.10. The zero-order chi connectivity index (χ0) is 22.9. The lowest BCUT2D eigenvalue weighted by atomic mass is 10.1. The normalized spacial score (nSPS) is 12.0. The van der Waals surface area contributed by atoms with Crippen LogP contribution in [0.3, 0.4) is 0 Å². The Morgan fingerprint density at radius 3 is 2.56 bits per heavy atom. The van der Waals surface area contributed by atoms with Crippen molar-refractivity contribution in [2.24, 2.45) is 0 Å². The van der Waals surface area contributed by atoms with Gasteiger partial charge in [-0.1, -0.05) is 47.6 Å². The fourth-order valence-corrected chi connectivity index (χ4v) is 4.40. The smallest absolute Gasteiger partial charge is 0.251 e. The maximum Gasteiger partial charge on any atom is 0.251 e. The van der Waals surface area contributed by atoms with Gasteiger partial charge in [0.05, 0.1) is 24.3 Å². The summed E-state index contributed by atoms with van der Waals surface area (Å²) in [6.07, 6.45) is 0. The average Bonchev–Trinajstić information content (AvgIpc) is 3.22. The molecule has 32 heavy (non-hydrogen) atoms. The topological polar surface area (TPSA) is 78.3 Å². The summed E-state index contributed by atoms with van der Waals surface area (Å²) in [7, 11) is 3.28. The number of thioether (sulfide) groups is 1. The Hall–Kier alpha value is -2.39. The maximum atomic E-state index is 12.1. The second-order valence-corrected chi connectivity index (χ2v) is 8.54. The van der Waals surface area contributed by atoms with E-state index >= 15 is 0 Å². The van der Waals surface area contributed by atoms with E-state index < -0.39 is 0 Å². The highest BCUT2D eigenvalue weighted by atomic mass is 35.5. The summed E-state index contributed by atoms with van der Waals surface area (Å²) in [5.41, 5.74) is 2.53. The molecule has 0 aliphatic carbocycles. The van der Waals surface area contributed by atoms with Crippen LogP contribution in [-0.2, 0) is 15.2 Å². The Bertz CT molecular complexity index is 1030. The van der Waals surface area contributed by atoms with E-state index in [0.29, 0.717) is 41.9 Å². The molecular weight excluding hydrogens is 448 g/mol. The molecule has 1 atom stereocenters. The van der Waals surface area contributed by atoms with Gasteiger partial charge in [-0.05, 0) is 36.8 Å². The second kappa shape index (κ2) is 12.0. The Labute approximate surface area is 197 Å². The number of ether oxygens (including phenoxy) is 2. The largest absolute Gasteiger partial charge is 0.383 e. The molecule has 1 aromatic heterocycles. The number of rotatable bonds is 11. The number of aromatic nitrogens is 3. The van der Waals surface area contributed by atoms with Crippen molar-refractivity contribution in [3.05, 3.63) is 64.7 Å². The van der Waals surface area contributed by atoms with Crippen molar-refractivity contribution in [3.63, 3.8) is 0 Å². The number of benzene rings is 2. The van der Waals surface area contributed by atoms with Crippen LogP contribution in [0.5, 0.6) is 0 Å². The van der Waals surface area contributed by atoms with Gasteiger partial charge in [0.25, 0.3) is 5.91 Å². The van der Waals surface area contributed by atoms with Crippen molar-refractivity contribution in [1.29, 1.82) is 0 Å². The fraction of sp³-hybridized carbons (Fsp3) is 0.348. The lowest BCUT2D eigenvalue weighted by molar-refractivity contribution is 0.0937. The number of carbonyl (C=O) groups is 1. The Balaban J connectivity index is 1.75. The van der Waals surface area contributed by atoms with Crippen LogP contribution in [0.15, 0.2) is 53.7 Å². The minimum Gasteiger partial charge on any atom is -0.383 e. The Kier molecular flexibility index (Phi) is 9.11. The molecule has 3 aromatic rings. The number of nitrogens with one attached hydrogen (secondary N) is 1. The predicted molar refractivity (Wildman–Crippen MR) is 127 cm³/mol. The minimum absolute atomic E-state index is 0.0296. The molecule has 0 spiro atoms. The highest BCUT2D eigenvalue weighted by molar-refractivity contribution is 7.98. The van der Waals surface area contributed by atoms with Gasteiger partial charge in [0.2, 0.25) is 0 Å². The molecule has 1 heterocycles. The lowest BCUT2D eigenvalue weighted by Crippen LogP contribution is -2.26. The molecule has 7 nitrogen and oxygen atoms in total. The van der Waals surface area contributed by atoms with Crippen LogP contribution in [0.4, 0.5) is 0 Å². The van der Waals surface area contributed by atoms with Crippen molar-refractivity contribution >= 4 is 29.3 Å². The summed E-state index contributed by atoms with van der Waals surface area (Å²) >= 11 is 8.00. The molecule has 3 rings (SSSR count). The molecule has 1 amide bonds. The number of amides is 1. The van der Waals surface area contributed by atoms with Gasteiger partial charge in [-0.15, -0.1) is 10.2 Å². The van der Waals surface area contributed by atoms with E-state index in [0.717, 1.165) is 16.3 Å². The molecule has 1 N–H and O–H groups in total. The van der Waals surface area contributed by atoms with Crippen molar-refractivity contribution in [3.8, 4) is 11.4 Å². The van der Waals surface area contributed by atoms with Gasteiger partial charge < -0.3 is 14.8 Å². The number of methoxy groups -OCH3 is 2. The molecule has 0 aliphatic heterocycles. The molecular formula is C23H27ClN4O3S. The SMILES string of the molecule is COCCNC(=O)c1ccc(CSc2nnc(-c3ccccc3Cl)n2C(C)COC)cc1.